The van der Waals surface area contributed by atoms with Crippen LogP contribution in [-0.2, 0) is 21.7 Å². The van der Waals surface area contributed by atoms with Gasteiger partial charge in [-0.25, -0.2) is 0 Å². The molecule has 0 unspecified atom stereocenters. The summed E-state index contributed by atoms with van der Waals surface area (Å²) >= 11 is 0. The van der Waals surface area contributed by atoms with Gasteiger partial charge in [-0.15, -0.1) is 0 Å². The Morgan fingerprint density at radius 3 is 0.987 bits per heavy atom. The van der Waals surface area contributed by atoms with E-state index < -0.39 is 8.07 Å². The first-order valence-electron chi connectivity index (χ1n) is 27.9. The summed E-state index contributed by atoms with van der Waals surface area (Å²) in [6, 6.07) is 75.1. The fourth-order valence-electron chi connectivity index (χ4n) is 12.4. The summed E-state index contributed by atoms with van der Waals surface area (Å²) < 4.78 is 0. The maximum absolute atomic E-state index is 2.67. The Morgan fingerprint density at radius 1 is 0.299 bits per heavy atom. The predicted molar refractivity (Wildman–Crippen MR) is 338 cm³/mol. The van der Waals surface area contributed by atoms with Crippen LogP contribution < -0.4 is 41.5 Å². The third-order valence-corrected chi connectivity index (χ3v) is 20.5. The first kappa shape index (κ1) is 50.5. The van der Waals surface area contributed by atoms with Crippen LogP contribution in [0.4, 0.5) is 51.2 Å². The molecule has 0 amide bonds. The molecule has 0 saturated carbocycles. The Morgan fingerprint density at radius 2 is 0.623 bits per heavy atom. The van der Waals surface area contributed by atoms with Crippen LogP contribution in [0.2, 0.25) is 13.1 Å². The lowest BCUT2D eigenvalue weighted by atomic mass is 9.33. The van der Waals surface area contributed by atoms with Gasteiger partial charge in [0.2, 0.25) is 0 Å². The predicted octanol–water partition coefficient (Wildman–Crippen LogP) is 16.9. The van der Waals surface area contributed by atoms with Crippen LogP contribution in [0.25, 0.3) is 22.3 Å². The number of anilines is 9. The molecule has 3 aliphatic heterocycles. The lowest BCUT2D eigenvalue weighted by Crippen LogP contribution is -2.61. The summed E-state index contributed by atoms with van der Waals surface area (Å²) in [7, 11) is -2.12. The fourth-order valence-corrected chi connectivity index (χ4v) is 15.4. The van der Waals surface area contributed by atoms with E-state index in [0.717, 1.165) is 5.69 Å². The highest BCUT2D eigenvalue weighted by Crippen LogP contribution is 2.51. The fraction of sp³-hybridized carbons (Fsp3) is 0.250. The standard InChI is InChI=1S/C72H74BN3Si/c1-69(2,3)51-39-52(70(4,5)6)42-55(41-51)75-62-37-49(47-25-17-15-18-26-47)33-35-58(62)73-59-36-34-50(48-27-19-16-20-28-48)38-63(59)76(56-43-53(71(7,8)9)40-54(44-56)72(10,11)12)65-46-57(45-64(75)68(65)73)74-60-29-21-23-31-66(60)77(13,14)67-32-24-22-30-61(67)74/h15-46H,1-14H3. The van der Waals surface area contributed by atoms with Crippen molar-refractivity contribution >= 4 is 92.7 Å². The minimum atomic E-state index is -2.12. The van der Waals surface area contributed by atoms with E-state index >= 15 is 0 Å². The summed E-state index contributed by atoms with van der Waals surface area (Å²) in [6.07, 6.45) is 0. The zero-order valence-electron chi connectivity index (χ0n) is 47.9. The van der Waals surface area contributed by atoms with E-state index in [1.54, 1.807) is 0 Å². The van der Waals surface area contributed by atoms with Crippen LogP contribution in [0.15, 0.2) is 194 Å². The first-order valence-corrected chi connectivity index (χ1v) is 30.9. The van der Waals surface area contributed by atoms with E-state index in [9.17, 15) is 0 Å². The molecular weight excluding hydrogens is 946 g/mol. The zero-order chi connectivity index (χ0) is 54.1. The molecular formula is C72H74BN3Si. The van der Waals surface area contributed by atoms with E-state index in [4.69, 9.17) is 0 Å². The van der Waals surface area contributed by atoms with E-state index in [-0.39, 0.29) is 28.4 Å². The second kappa shape index (κ2) is 17.9. The number of hydrogen-bond acceptors (Lipinski definition) is 3. The summed E-state index contributed by atoms with van der Waals surface area (Å²) in [5, 5.41) is 2.90. The summed E-state index contributed by atoms with van der Waals surface area (Å²) in [5.41, 5.74) is 24.5. The number of benzene rings is 9. The van der Waals surface area contributed by atoms with Crippen molar-refractivity contribution in [2.75, 3.05) is 14.7 Å². The molecule has 0 fully saturated rings. The van der Waals surface area contributed by atoms with Crippen LogP contribution in [0, 0.1) is 0 Å². The Balaban J connectivity index is 1.27. The van der Waals surface area contributed by atoms with E-state index in [1.807, 2.05) is 0 Å². The molecule has 5 heteroatoms. The molecule has 0 aliphatic carbocycles. The van der Waals surface area contributed by atoms with Gasteiger partial charge in [0.1, 0.15) is 8.07 Å². The maximum atomic E-state index is 2.67. The molecule has 0 aromatic heterocycles. The lowest BCUT2D eigenvalue weighted by Gasteiger charge is -2.46. The molecule has 0 N–H and O–H groups in total. The van der Waals surface area contributed by atoms with Crippen LogP contribution in [0.1, 0.15) is 105 Å². The third kappa shape index (κ3) is 8.57. The number of hydrogen-bond donors (Lipinski definition) is 0. The van der Waals surface area contributed by atoms with Crippen molar-refractivity contribution in [3.05, 3.63) is 216 Å². The zero-order valence-corrected chi connectivity index (χ0v) is 48.9. The monoisotopic (exact) mass is 1020 g/mol. The van der Waals surface area contributed by atoms with Crippen molar-refractivity contribution in [2.24, 2.45) is 0 Å². The minimum absolute atomic E-state index is 0.0748. The van der Waals surface area contributed by atoms with E-state index in [2.05, 4.69) is 305 Å². The van der Waals surface area contributed by atoms with Crippen molar-refractivity contribution < 1.29 is 0 Å². The van der Waals surface area contributed by atoms with Crippen molar-refractivity contribution in [1.82, 2.24) is 0 Å². The van der Waals surface area contributed by atoms with Crippen molar-refractivity contribution in [3.8, 4) is 22.3 Å². The highest BCUT2D eigenvalue weighted by atomic mass is 28.3. The number of nitrogens with zero attached hydrogens (tertiary/aromatic N) is 3. The van der Waals surface area contributed by atoms with Gasteiger partial charge in [-0.3, -0.25) is 0 Å². The maximum Gasteiger partial charge on any atom is 0.252 e. The molecule has 0 saturated heterocycles. The molecule has 3 heterocycles. The van der Waals surface area contributed by atoms with Gasteiger partial charge in [0.15, 0.2) is 0 Å². The molecule has 384 valence electrons. The van der Waals surface area contributed by atoms with Gasteiger partial charge in [-0.2, -0.15) is 0 Å². The number of rotatable bonds is 5. The smallest absolute Gasteiger partial charge is 0.252 e. The highest BCUT2D eigenvalue weighted by Gasteiger charge is 2.46. The van der Waals surface area contributed by atoms with Crippen molar-refractivity contribution in [2.45, 2.75) is 118 Å². The average molecular weight is 1020 g/mol. The first-order chi connectivity index (χ1) is 36.5. The summed E-state index contributed by atoms with van der Waals surface area (Å²) in [5.74, 6) is 0. The molecule has 3 nitrogen and oxygen atoms in total. The quantitative estimate of drug-likeness (QED) is 0.159. The van der Waals surface area contributed by atoms with Gasteiger partial charge in [0, 0.05) is 45.5 Å². The van der Waals surface area contributed by atoms with Crippen LogP contribution in [0.5, 0.6) is 0 Å². The second-order valence-electron chi connectivity index (χ2n) is 26.8. The molecule has 77 heavy (non-hydrogen) atoms. The van der Waals surface area contributed by atoms with E-state index in [0.29, 0.717) is 0 Å². The molecule has 12 rings (SSSR count). The Kier molecular flexibility index (Phi) is 11.7. The van der Waals surface area contributed by atoms with Gasteiger partial charge < -0.3 is 14.7 Å². The Bertz CT molecular complexity index is 3480. The summed E-state index contributed by atoms with van der Waals surface area (Å²) in [6.45, 7) is 33.3. The highest BCUT2D eigenvalue weighted by molar-refractivity contribution is 7.03. The van der Waals surface area contributed by atoms with E-state index in [1.165, 1.54) is 117 Å². The summed E-state index contributed by atoms with van der Waals surface area (Å²) in [4.78, 5) is 7.94. The SMILES string of the molecule is CC(C)(C)c1cc(N2c3cc(-c4ccccc4)ccc3B3c4ccc(-c5ccccc5)cc4N(c4cc(C(C)(C)C)cc(C(C)(C)C)c4)c4cc(N5c6ccccc6[Si](C)(C)c6ccccc65)cc2c43)cc(C(C)(C)C)c1. The van der Waals surface area contributed by atoms with Crippen LogP contribution >= 0.6 is 0 Å². The van der Waals surface area contributed by atoms with Gasteiger partial charge in [-0.1, -0.05) is 230 Å². The lowest BCUT2D eigenvalue weighted by molar-refractivity contribution is 0.568. The molecule has 9 aromatic carbocycles. The van der Waals surface area contributed by atoms with Crippen LogP contribution in [-0.4, -0.2) is 14.8 Å². The largest absolute Gasteiger partial charge is 0.311 e. The normalized spacial score (nSPS) is 14.6. The van der Waals surface area contributed by atoms with Gasteiger partial charge in [-0.05, 0) is 154 Å². The molecule has 0 radical (unpaired) electrons. The number of para-hydroxylation sites is 2. The Labute approximate surface area is 461 Å². The van der Waals surface area contributed by atoms with Crippen molar-refractivity contribution in [3.63, 3.8) is 0 Å². The number of fused-ring (bicyclic) bond motifs is 6. The molecule has 0 atom stereocenters. The van der Waals surface area contributed by atoms with Gasteiger partial charge in [0.05, 0.1) is 5.69 Å². The molecule has 3 aliphatic rings. The van der Waals surface area contributed by atoms with Gasteiger partial charge in [0.25, 0.3) is 6.71 Å². The van der Waals surface area contributed by atoms with Gasteiger partial charge >= 0.3 is 0 Å². The topological polar surface area (TPSA) is 9.72 Å². The Hall–Kier alpha value is -7.34. The third-order valence-electron chi connectivity index (χ3n) is 17.0. The van der Waals surface area contributed by atoms with Crippen LogP contribution in [0.3, 0.4) is 0 Å². The second-order valence-corrected chi connectivity index (χ2v) is 31.1. The molecule has 0 spiro atoms. The molecule has 0 bridgehead atoms. The average Bonchev–Trinajstić information content (AvgIpc) is 3.59. The molecule has 9 aromatic rings. The minimum Gasteiger partial charge on any atom is -0.311 e. The van der Waals surface area contributed by atoms with Crippen molar-refractivity contribution in [1.29, 1.82) is 0 Å².